The SMILES string of the molecule is CN(Cc1cccc(Br)c1)c1cc([N+](=O)[O-])cc(Cl)n1. The molecular weight excluding hydrogens is 346 g/mol. The molecule has 0 aliphatic carbocycles. The molecule has 0 radical (unpaired) electrons. The van der Waals surface area contributed by atoms with Gasteiger partial charge in [0, 0.05) is 18.1 Å². The molecule has 0 amide bonds. The maximum absolute atomic E-state index is 10.8. The van der Waals surface area contributed by atoms with Crippen LogP contribution in [0.5, 0.6) is 0 Å². The number of hydrogen-bond donors (Lipinski definition) is 0. The number of anilines is 1. The number of halogens is 2. The van der Waals surface area contributed by atoms with Crippen molar-refractivity contribution in [2.24, 2.45) is 0 Å². The maximum Gasteiger partial charge on any atom is 0.276 e. The Morgan fingerprint density at radius 2 is 2.15 bits per heavy atom. The molecule has 1 aromatic carbocycles. The van der Waals surface area contributed by atoms with Crippen LogP contribution in [0.2, 0.25) is 5.15 Å². The highest BCUT2D eigenvalue weighted by atomic mass is 79.9. The third-order valence-electron chi connectivity index (χ3n) is 2.68. The first-order chi connectivity index (χ1) is 9.45. The van der Waals surface area contributed by atoms with Crippen molar-refractivity contribution in [2.75, 3.05) is 11.9 Å². The standard InChI is InChI=1S/C13H11BrClN3O2/c1-17(8-9-3-2-4-10(14)5-9)13-7-11(18(19)20)6-12(15)16-13/h2-7H,8H2,1H3. The van der Waals surface area contributed by atoms with Gasteiger partial charge in [0.05, 0.1) is 17.1 Å². The molecule has 20 heavy (non-hydrogen) atoms. The number of benzene rings is 1. The summed E-state index contributed by atoms with van der Waals surface area (Å²) in [4.78, 5) is 16.3. The van der Waals surface area contributed by atoms with Crippen LogP contribution in [0.4, 0.5) is 11.5 Å². The minimum atomic E-state index is -0.482. The van der Waals surface area contributed by atoms with Crippen LogP contribution in [-0.4, -0.2) is 17.0 Å². The molecule has 2 rings (SSSR count). The zero-order chi connectivity index (χ0) is 14.7. The summed E-state index contributed by atoms with van der Waals surface area (Å²) >= 11 is 9.22. The summed E-state index contributed by atoms with van der Waals surface area (Å²) in [7, 11) is 1.81. The van der Waals surface area contributed by atoms with E-state index in [1.54, 1.807) is 4.90 Å². The minimum absolute atomic E-state index is 0.0684. The smallest absolute Gasteiger partial charge is 0.276 e. The first-order valence-electron chi connectivity index (χ1n) is 5.73. The predicted molar refractivity (Wildman–Crippen MR) is 82.2 cm³/mol. The lowest BCUT2D eigenvalue weighted by atomic mass is 10.2. The molecule has 2 aromatic rings. The number of rotatable bonds is 4. The molecule has 0 N–H and O–H groups in total. The van der Waals surface area contributed by atoms with Crippen LogP contribution in [0.15, 0.2) is 40.9 Å². The van der Waals surface area contributed by atoms with E-state index < -0.39 is 4.92 Å². The van der Waals surface area contributed by atoms with Gasteiger partial charge in [0.15, 0.2) is 0 Å². The van der Waals surface area contributed by atoms with Crippen LogP contribution in [0, 0.1) is 10.1 Å². The van der Waals surface area contributed by atoms with E-state index >= 15 is 0 Å². The van der Waals surface area contributed by atoms with Crippen molar-refractivity contribution in [3.05, 3.63) is 61.7 Å². The number of nitrogens with zero attached hydrogens (tertiary/aromatic N) is 3. The van der Waals surface area contributed by atoms with Gasteiger partial charge in [-0.05, 0) is 17.7 Å². The molecule has 0 atom stereocenters. The molecule has 0 spiro atoms. The highest BCUT2D eigenvalue weighted by Gasteiger charge is 2.13. The Hall–Kier alpha value is -1.66. The molecule has 0 bridgehead atoms. The van der Waals surface area contributed by atoms with Crippen molar-refractivity contribution in [1.29, 1.82) is 0 Å². The Labute approximate surface area is 129 Å². The van der Waals surface area contributed by atoms with E-state index in [1.165, 1.54) is 12.1 Å². The Kier molecular flexibility index (Phi) is 4.57. The number of aromatic nitrogens is 1. The van der Waals surface area contributed by atoms with Crippen LogP contribution in [0.1, 0.15) is 5.56 Å². The summed E-state index contributed by atoms with van der Waals surface area (Å²) < 4.78 is 0.980. The second-order valence-electron chi connectivity index (χ2n) is 4.25. The largest absolute Gasteiger partial charge is 0.355 e. The molecule has 0 unspecified atom stereocenters. The van der Waals surface area contributed by atoms with Gasteiger partial charge in [0.1, 0.15) is 11.0 Å². The highest BCUT2D eigenvalue weighted by Crippen LogP contribution is 2.24. The third-order valence-corrected chi connectivity index (χ3v) is 3.36. The predicted octanol–water partition coefficient (Wildman–Crippen LogP) is 4.04. The quantitative estimate of drug-likeness (QED) is 0.471. The van der Waals surface area contributed by atoms with Gasteiger partial charge < -0.3 is 4.90 Å². The fourth-order valence-corrected chi connectivity index (χ4v) is 2.41. The van der Waals surface area contributed by atoms with Crippen LogP contribution in [0.3, 0.4) is 0 Å². The molecule has 5 nitrogen and oxygen atoms in total. The van der Waals surface area contributed by atoms with E-state index in [9.17, 15) is 10.1 Å². The second-order valence-corrected chi connectivity index (χ2v) is 5.55. The van der Waals surface area contributed by atoms with Crippen molar-refractivity contribution in [3.63, 3.8) is 0 Å². The van der Waals surface area contributed by atoms with Gasteiger partial charge in [0.25, 0.3) is 5.69 Å². The van der Waals surface area contributed by atoms with Gasteiger partial charge in [-0.3, -0.25) is 10.1 Å². The first kappa shape index (κ1) is 14.7. The monoisotopic (exact) mass is 355 g/mol. The molecule has 0 fully saturated rings. The number of hydrogen-bond acceptors (Lipinski definition) is 4. The van der Waals surface area contributed by atoms with E-state index in [1.807, 2.05) is 31.3 Å². The lowest BCUT2D eigenvalue weighted by Crippen LogP contribution is -2.17. The molecule has 1 aromatic heterocycles. The van der Waals surface area contributed by atoms with Gasteiger partial charge >= 0.3 is 0 Å². The van der Waals surface area contributed by atoms with Gasteiger partial charge in [-0.1, -0.05) is 39.7 Å². The van der Waals surface area contributed by atoms with Gasteiger partial charge in [-0.15, -0.1) is 0 Å². The molecule has 104 valence electrons. The fraction of sp³-hybridized carbons (Fsp3) is 0.154. The molecule has 0 aliphatic rings. The van der Waals surface area contributed by atoms with Crippen molar-refractivity contribution >= 4 is 39.0 Å². The average molecular weight is 357 g/mol. The van der Waals surface area contributed by atoms with E-state index in [0.717, 1.165) is 10.0 Å². The summed E-state index contributed by atoms with van der Waals surface area (Å²) in [5.74, 6) is 0.462. The number of nitro groups is 1. The van der Waals surface area contributed by atoms with Gasteiger partial charge in [0.2, 0.25) is 0 Å². The average Bonchev–Trinajstić information content (AvgIpc) is 2.37. The fourth-order valence-electron chi connectivity index (χ4n) is 1.76. The molecule has 0 saturated carbocycles. The lowest BCUT2D eigenvalue weighted by molar-refractivity contribution is -0.384. The summed E-state index contributed by atoms with van der Waals surface area (Å²) in [5.41, 5.74) is 0.993. The zero-order valence-corrected chi connectivity index (χ0v) is 12.9. The summed E-state index contributed by atoms with van der Waals surface area (Å²) in [6.45, 7) is 0.573. The van der Waals surface area contributed by atoms with Crippen molar-refractivity contribution < 1.29 is 4.92 Å². The Morgan fingerprint density at radius 1 is 1.40 bits per heavy atom. The van der Waals surface area contributed by atoms with Crippen molar-refractivity contribution in [3.8, 4) is 0 Å². The van der Waals surface area contributed by atoms with Crippen molar-refractivity contribution in [2.45, 2.75) is 6.54 Å². The summed E-state index contributed by atoms with van der Waals surface area (Å²) in [5, 5.41) is 10.9. The minimum Gasteiger partial charge on any atom is -0.355 e. The normalized spacial score (nSPS) is 10.3. The Morgan fingerprint density at radius 3 is 2.80 bits per heavy atom. The van der Waals surface area contributed by atoms with Crippen LogP contribution in [0.25, 0.3) is 0 Å². The third kappa shape index (κ3) is 3.68. The second kappa shape index (κ2) is 6.19. The van der Waals surface area contributed by atoms with Crippen LogP contribution < -0.4 is 4.90 Å². The van der Waals surface area contributed by atoms with Crippen molar-refractivity contribution in [1.82, 2.24) is 4.98 Å². The molecule has 0 aliphatic heterocycles. The Bertz CT molecular complexity index is 651. The summed E-state index contributed by atoms with van der Waals surface area (Å²) in [6, 6.07) is 10.5. The van der Waals surface area contributed by atoms with Gasteiger partial charge in [-0.2, -0.15) is 0 Å². The lowest BCUT2D eigenvalue weighted by Gasteiger charge is -2.18. The maximum atomic E-state index is 10.8. The Balaban J connectivity index is 2.25. The molecule has 7 heteroatoms. The molecule has 1 heterocycles. The topological polar surface area (TPSA) is 59.3 Å². The van der Waals surface area contributed by atoms with Crippen LogP contribution in [-0.2, 0) is 6.54 Å². The molecular formula is C13H11BrClN3O2. The highest BCUT2D eigenvalue weighted by molar-refractivity contribution is 9.10. The summed E-state index contributed by atoms with van der Waals surface area (Å²) in [6.07, 6.45) is 0. The van der Waals surface area contributed by atoms with E-state index in [0.29, 0.717) is 12.4 Å². The first-order valence-corrected chi connectivity index (χ1v) is 6.90. The van der Waals surface area contributed by atoms with Crippen LogP contribution >= 0.6 is 27.5 Å². The zero-order valence-electron chi connectivity index (χ0n) is 10.6. The number of pyridine rings is 1. The van der Waals surface area contributed by atoms with Gasteiger partial charge in [-0.25, -0.2) is 4.98 Å². The van der Waals surface area contributed by atoms with E-state index in [-0.39, 0.29) is 10.8 Å². The van der Waals surface area contributed by atoms with E-state index in [2.05, 4.69) is 20.9 Å². The van der Waals surface area contributed by atoms with E-state index in [4.69, 9.17) is 11.6 Å². The molecule has 0 saturated heterocycles.